The van der Waals surface area contributed by atoms with Crippen molar-refractivity contribution in [2.75, 3.05) is 5.32 Å². The molecule has 0 amide bonds. The molecule has 0 saturated heterocycles. The minimum Gasteiger partial charge on any atom is -0.365 e. The molecule has 0 spiro atoms. The molecule has 1 atom stereocenters. The van der Waals surface area contributed by atoms with Gasteiger partial charge in [-0.05, 0) is 55.9 Å². The normalized spacial score (nSPS) is 14.7. The van der Waals surface area contributed by atoms with E-state index in [-0.39, 0.29) is 5.82 Å². The molecule has 0 aliphatic heterocycles. The van der Waals surface area contributed by atoms with Crippen LogP contribution >= 0.6 is 0 Å². The Bertz CT molecular complexity index is 1300. The van der Waals surface area contributed by atoms with Gasteiger partial charge in [-0.15, -0.1) is 0 Å². The minimum absolute atomic E-state index is 0.202. The molecule has 2 aromatic carbocycles. The molecule has 0 bridgehead atoms. The standard InChI is InChI=1S/C27H27N5/c1-18-8-6-13-22(14-18)24-15-23-26(32(24)17-20-9-4-3-5-10-20)27(31-25(16-28)30-23)29-19(2)21-11-7-12-21/h3-6,8-10,13-15,19,21H,7,11-12,17H2,1-2H3,(H,29,30,31)/t19-/m1/s1. The highest BCUT2D eigenvalue weighted by Gasteiger charge is 2.26. The lowest BCUT2D eigenvalue weighted by Crippen LogP contribution is -2.31. The summed E-state index contributed by atoms with van der Waals surface area (Å²) in [6, 6.07) is 23.5. The van der Waals surface area contributed by atoms with Gasteiger partial charge in [-0.1, -0.05) is 60.5 Å². The smallest absolute Gasteiger partial charge is 0.234 e. The fourth-order valence-corrected chi connectivity index (χ4v) is 4.56. The summed E-state index contributed by atoms with van der Waals surface area (Å²) < 4.78 is 2.29. The molecule has 1 aliphatic rings. The molecule has 4 aromatic rings. The summed E-state index contributed by atoms with van der Waals surface area (Å²) in [6.07, 6.45) is 3.78. The molecule has 2 aromatic heterocycles. The molecule has 0 radical (unpaired) electrons. The molecule has 160 valence electrons. The topological polar surface area (TPSA) is 66.5 Å². The van der Waals surface area contributed by atoms with Crippen molar-refractivity contribution in [1.29, 1.82) is 5.26 Å². The van der Waals surface area contributed by atoms with Gasteiger partial charge >= 0.3 is 0 Å². The molecule has 0 unspecified atom stereocenters. The van der Waals surface area contributed by atoms with E-state index < -0.39 is 0 Å². The Balaban J connectivity index is 1.71. The monoisotopic (exact) mass is 421 g/mol. The van der Waals surface area contributed by atoms with Crippen molar-refractivity contribution in [1.82, 2.24) is 14.5 Å². The number of aromatic nitrogens is 3. The van der Waals surface area contributed by atoms with Crippen LogP contribution in [0.2, 0.25) is 0 Å². The molecule has 5 nitrogen and oxygen atoms in total. The molecular formula is C27H27N5. The van der Waals surface area contributed by atoms with Gasteiger partial charge in [0, 0.05) is 12.6 Å². The van der Waals surface area contributed by atoms with Crippen molar-refractivity contribution in [3.63, 3.8) is 0 Å². The van der Waals surface area contributed by atoms with Gasteiger partial charge in [0.1, 0.15) is 11.6 Å². The second-order valence-electron chi connectivity index (χ2n) is 8.84. The number of anilines is 1. The number of fused-ring (bicyclic) bond motifs is 1. The minimum atomic E-state index is 0.202. The second kappa shape index (κ2) is 8.47. The third-order valence-electron chi connectivity index (χ3n) is 6.56. The van der Waals surface area contributed by atoms with Crippen LogP contribution in [0.1, 0.15) is 43.1 Å². The van der Waals surface area contributed by atoms with Crippen LogP contribution in [0.3, 0.4) is 0 Å². The van der Waals surface area contributed by atoms with Crippen LogP contribution < -0.4 is 5.32 Å². The maximum atomic E-state index is 9.58. The van der Waals surface area contributed by atoms with E-state index >= 15 is 0 Å². The Hall–Kier alpha value is -3.65. The van der Waals surface area contributed by atoms with E-state index in [0.717, 1.165) is 28.1 Å². The van der Waals surface area contributed by atoms with Crippen molar-refractivity contribution in [2.45, 2.75) is 45.7 Å². The zero-order chi connectivity index (χ0) is 22.1. The van der Waals surface area contributed by atoms with Crippen LogP contribution in [0.4, 0.5) is 5.82 Å². The fourth-order valence-electron chi connectivity index (χ4n) is 4.56. The molecule has 1 saturated carbocycles. The molecule has 2 heterocycles. The van der Waals surface area contributed by atoms with E-state index in [1.165, 1.54) is 30.4 Å². The van der Waals surface area contributed by atoms with Crippen LogP contribution in [0, 0.1) is 24.2 Å². The maximum Gasteiger partial charge on any atom is 0.234 e. The van der Waals surface area contributed by atoms with Crippen LogP contribution in [-0.4, -0.2) is 20.6 Å². The lowest BCUT2D eigenvalue weighted by molar-refractivity contribution is 0.285. The van der Waals surface area contributed by atoms with Crippen LogP contribution in [0.5, 0.6) is 0 Å². The summed E-state index contributed by atoms with van der Waals surface area (Å²) in [7, 11) is 0. The number of aryl methyl sites for hydroxylation is 1. The summed E-state index contributed by atoms with van der Waals surface area (Å²) in [5.74, 6) is 1.61. The quantitative estimate of drug-likeness (QED) is 0.419. The van der Waals surface area contributed by atoms with Crippen LogP contribution in [0.15, 0.2) is 60.7 Å². The van der Waals surface area contributed by atoms with E-state index in [2.05, 4.69) is 94.4 Å². The van der Waals surface area contributed by atoms with E-state index in [9.17, 15) is 5.26 Å². The van der Waals surface area contributed by atoms with Crippen LogP contribution in [0.25, 0.3) is 22.3 Å². The van der Waals surface area contributed by atoms with Gasteiger partial charge in [0.05, 0.1) is 11.2 Å². The van der Waals surface area contributed by atoms with Gasteiger partial charge in [-0.25, -0.2) is 4.98 Å². The Morgan fingerprint density at radius 1 is 1.09 bits per heavy atom. The first kappa shape index (κ1) is 20.3. The first-order valence-electron chi connectivity index (χ1n) is 11.3. The third-order valence-corrected chi connectivity index (χ3v) is 6.56. The SMILES string of the molecule is Cc1cccc(-c2cc3nc(C#N)nc(N[C@H](C)C4CCC4)c3n2Cc2ccccc2)c1. The number of benzene rings is 2. The average molecular weight is 422 g/mol. The number of hydrogen-bond donors (Lipinski definition) is 1. The highest BCUT2D eigenvalue weighted by molar-refractivity contribution is 5.92. The van der Waals surface area contributed by atoms with Crippen molar-refractivity contribution >= 4 is 16.9 Å². The molecule has 5 heteroatoms. The van der Waals surface area contributed by atoms with Gasteiger partial charge in [0.15, 0.2) is 5.82 Å². The third kappa shape index (κ3) is 3.85. The summed E-state index contributed by atoms with van der Waals surface area (Å²) in [5, 5.41) is 13.2. The highest BCUT2D eigenvalue weighted by Crippen LogP contribution is 2.35. The lowest BCUT2D eigenvalue weighted by Gasteiger charge is -2.32. The molecule has 1 aliphatic carbocycles. The van der Waals surface area contributed by atoms with Crippen molar-refractivity contribution in [2.24, 2.45) is 5.92 Å². The second-order valence-corrected chi connectivity index (χ2v) is 8.84. The average Bonchev–Trinajstić information content (AvgIpc) is 3.11. The Kier molecular flexibility index (Phi) is 5.36. The molecular weight excluding hydrogens is 394 g/mol. The zero-order valence-corrected chi connectivity index (χ0v) is 18.5. The fraction of sp³-hybridized carbons (Fsp3) is 0.296. The lowest BCUT2D eigenvalue weighted by atomic mass is 9.80. The Morgan fingerprint density at radius 2 is 1.91 bits per heavy atom. The maximum absolute atomic E-state index is 9.58. The number of rotatable bonds is 6. The van der Waals surface area contributed by atoms with Crippen molar-refractivity contribution < 1.29 is 0 Å². The Labute approximate surface area is 188 Å². The number of nitrogens with zero attached hydrogens (tertiary/aromatic N) is 4. The molecule has 1 fully saturated rings. The predicted octanol–water partition coefficient (Wildman–Crippen LogP) is 5.93. The summed E-state index contributed by atoms with van der Waals surface area (Å²) in [5.41, 5.74) is 6.38. The largest absolute Gasteiger partial charge is 0.365 e. The van der Waals surface area contributed by atoms with E-state index in [0.29, 0.717) is 18.5 Å². The van der Waals surface area contributed by atoms with Gasteiger partial charge in [0.2, 0.25) is 5.82 Å². The summed E-state index contributed by atoms with van der Waals surface area (Å²) in [4.78, 5) is 9.20. The van der Waals surface area contributed by atoms with E-state index in [4.69, 9.17) is 0 Å². The van der Waals surface area contributed by atoms with Crippen molar-refractivity contribution in [3.05, 3.63) is 77.6 Å². The van der Waals surface area contributed by atoms with E-state index in [1.807, 2.05) is 6.07 Å². The zero-order valence-electron chi connectivity index (χ0n) is 18.5. The van der Waals surface area contributed by atoms with Gasteiger partial charge in [-0.3, -0.25) is 0 Å². The van der Waals surface area contributed by atoms with Gasteiger partial charge in [0.25, 0.3) is 0 Å². The summed E-state index contributed by atoms with van der Waals surface area (Å²) in [6.45, 7) is 5.03. The van der Waals surface area contributed by atoms with Crippen LogP contribution in [-0.2, 0) is 6.54 Å². The molecule has 1 N–H and O–H groups in total. The Morgan fingerprint density at radius 3 is 2.59 bits per heavy atom. The first-order valence-corrected chi connectivity index (χ1v) is 11.3. The first-order chi connectivity index (χ1) is 15.6. The van der Waals surface area contributed by atoms with Crippen molar-refractivity contribution in [3.8, 4) is 17.3 Å². The number of nitrogens with one attached hydrogen (secondary N) is 1. The number of hydrogen-bond acceptors (Lipinski definition) is 4. The van der Waals surface area contributed by atoms with E-state index in [1.54, 1.807) is 0 Å². The molecule has 5 rings (SSSR count). The highest BCUT2D eigenvalue weighted by atomic mass is 15.1. The van der Waals surface area contributed by atoms with Gasteiger partial charge in [-0.2, -0.15) is 10.2 Å². The predicted molar refractivity (Wildman–Crippen MR) is 128 cm³/mol. The van der Waals surface area contributed by atoms with Gasteiger partial charge < -0.3 is 9.88 Å². The summed E-state index contributed by atoms with van der Waals surface area (Å²) >= 11 is 0. The molecule has 32 heavy (non-hydrogen) atoms. The number of nitriles is 1.